The topological polar surface area (TPSA) is 43.1 Å². The maximum absolute atomic E-state index is 12.9. The number of hydrogen-bond donors (Lipinski definition) is 1. The van der Waals surface area contributed by atoms with Gasteiger partial charge in [-0.25, -0.2) is 0 Å². The Kier molecular flexibility index (Phi) is 1.74. The summed E-state index contributed by atoms with van der Waals surface area (Å²) in [7, 11) is 0. The van der Waals surface area contributed by atoms with Gasteiger partial charge >= 0.3 is 5.92 Å². The molecule has 1 aromatic carbocycles. The van der Waals surface area contributed by atoms with E-state index in [-0.39, 0.29) is 0 Å². The first-order chi connectivity index (χ1) is 5.96. The van der Waals surface area contributed by atoms with Gasteiger partial charge in [0.25, 0.3) is 5.91 Å². The van der Waals surface area contributed by atoms with Crippen LogP contribution in [0.3, 0.4) is 0 Å². The Balaban J connectivity index is 3.22. The summed E-state index contributed by atoms with van der Waals surface area (Å²) in [6.45, 7) is 0. The standard InChI is InChI=1S/C8H7F2NO/c9-8(10,7(11)12)6-4-2-1-3-5-6/h1-5H,(H2,11,12)/i4D. The summed E-state index contributed by atoms with van der Waals surface area (Å²) in [5, 5.41) is 0. The zero-order valence-corrected chi connectivity index (χ0v) is 6.05. The highest BCUT2D eigenvalue weighted by Gasteiger charge is 2.38. The van der Waals surface area contributed by atoms with Gasteiger partial charge in [0.15, 0.2) is 0 Å². The van der Waals surface area contributed by atoms with Crippen molar-refractivity contribution >= 4 is 5.91 Å². The molecule has 4 heteroatoms. The van der Waals surface area contributed by atoms with Crippen molar-refractivity contribution in [1.29, 1.82) is 0 Å². The number of amides is 1. The van der Waals surface area contributed by atoms with E-state index in [4.69, 9.17) is 1.37 Å². The second kappa shape index (κ2) is 2.89. The molecule has 0 aliphatic carbocycles. The molecule has 0 spiro atoms. The number of benzene rings is 1. The highest BCUT2D eigenvalue weighted by Crippen LogP contribution is 2.26. The maximum Gasteiger partial charge on any atom is 0.349 e. The second-order valence-corrected chi connectivity index (χ2v) is 2.21. The van der Waals surface area contributed by atoms with Crippen molar-refractivity contribution in [2.45, 2.75) is 5.92 Å². The first-order valence-electron chi connectivity index (χ1n) is 3.70. The summed E-state index contributed by atoms with van der Waals surface area (Å²) < 4.78 is 33.0. The molecule has 0 heterocycles. The van der Waals surface area contributed by atoms with Gasteiger partial charge < -0.3 is 5.73 Å². The summed E-state index contributed by atoms with van der Waals surface area (Å²) >= 11 is 0. The molecule has 2 N–H and O–H groups in total. The fourth-order valence-electron chi connectivity index (χ4n) is 0.721. The molecule has 0 aliphatic rings. The minimum absolute atomic E-state index is 0.397. The molecule has 12 heavy (non-hydrogen) atoms. The predicted molar refractivity (Wildman–Crippen MR) is 39.5 cm³/mol. The average Bonchev–Trinajstić information content (AvgIpc) is 2.04. The van der Waals surface area contributed by atoms with Crippen molar-refractivity contribution in [3.63, 3.8) is 0 Å². The number of carbonyl (C=O) groups excluding carboxylic acids is 1. The molecular formula is C8H7F2NO. The SMILES string of the molecule is [2H]c1ccccc1C(F)(F)C(N)=O. The zero-order valence-electron chi connectivity index (χ0n) is 7.05. The van der Waals surface area contributed by atoms with Crippen LogP contribution in [-0.4, -0.2) is 5.91 Å². The van der Waals surface area contributed by atoms with Gasteiger partial charge in [-0.2, -0.15) is 8.78 Å². The molecular weight excluding hydrogens is 164 g/mol. The molecule has 0 radical (unpaired) electrons. The number of nitrogens with two attached hydrogens (primary N) is 1. The number of carbonyl (C=O) groups is 1. The first kappa shape index (κ1) is 7.21. The highest BCUT2D eigenvalue weighted by molar-refractivity contribution is 5.82. The third-order valence-electron chi connectivity index (χ3n) is 1.36. The Morgan fingerprint density at radius 3 is 2.67 bits per heavy atom. The van der Waals surface area contributed by atoms with Crippen LogP contribution < -0.4 is 5.73 Å². The molecule has 0 unspecified atom stereocenters. The third-order valence-corrected chi connectivity index (χ3v) is 1.36. The Hall–Kier alpha value is -1.45. The van der Waals surface area contributed by atoms with E-state index in [1.165, 1.54) is 18.2 Å². The van der Waals surface area contributed by atoms with Gasteiger partial charge in [-0.1, -0.05) is 30.3 Å². The minimum Gasteiger partial charge on any atom is -0.364 e. The lowest BCUT2D eigenvalue weighted by Crippen LogP contribution is -2.32. The van der Waals surface area contributed by atoms with Crippen LogP contribution in [0.5, 0.6) is 0 Å². The van der Waals surface area contributed by atoms with Gasteiger partial charge in [-0.05, 0) is 0 Å². The van der Waals surface area contributed by atoms with Crippen molar-refractivity contribution in [2.24, 2.45) is 5.73 Å². The highest BCUT2D eigenvalue weighted by atomic mass is 19.3. The fraction of sp³-hybridized carbons (Fsp3) is 0.125. The van der Waals surface area contributed by atoms with Crippen LogP contribution in [0, 0.1) is 0 Å². The summed E-state index contributed by atoms with van der Waals surface area (Å²) in [5.74, 6) is -5.51. The van der Waals surface area contributed by atoms with E-state index in [9.17, 15) is 13.6 Å². The molecule has 0 fully saturated rings. The number of alkyl halides is 2. The molecule has 0 aliphatic heterocycles. The van der Waals surface area contributed by atoms with Gasteiger partial charge in [0.2, 0.25) is 0 Å². The second-order valence-electron chi connectivity index (χ2n) is 2.21. The number of hydrogen-bond acceptors (Lipinski definition) is 1. The summed E-state index contributed by atoms with van der Waals surface area (Å²) in [5.41, 5.74) is 3.83. The molecule has 0 bridgehead atoms. The van der Waals surface area contributed by atoms with E-state index in [1.807, 2.05) is 0 Å². The van der Waals surface area contributed by atoms with Crippen molar-refractivity contribution in [3.05, 3.63) is 35.9 Å². The van der Waals surface area contributed by atoms with Gasteiger partial charge in [0.1, 0.15) is 0 Å². The average molecular weight is 172 g/mol. The van der Waals surface area contributed by atoms with Crippen molar-refractivity contribution in [1.82, 2.24) is 0 Å². The van der Waals surface area contributed by atoms with Crippen LogP contribution in [0.2, 0.25) is 0 Å². The van der Waals surface area contributed by atoms with E-state index in [1.54, 1.807) is 0 Å². The molecule has 0 atom stereocenters. The van der Waals surface area contributed by atoms with Crippen molar-refractivity contribution in [2.75, 3.05) is 0 Å². The molecule has 0 saturated heterocycles. The first-order valence-corrected chi connectivity index (χ1v) is 3.20. The number of primary amides is 1. The molecule has 2 nitrogen and oxygen atoms in total. The van der Waals surface area contributed by atoms with Crippen LogP contribution in [0.4, 0.5) is 8.78 Å². The van der Waals surface area contributed by atoms with Crippen LogP contribution in [0.25, 0.3) is 0 Å². The van der Waals surface area contributed by atoms with Gasteiger partial charge in [0.05, 0.1) is 1.37 Å². The molecule has 0 aromatic heterocycles. The van der Waals surface area contributed by atoms with E-state index < -0.39 is 23.4 Å². The van der Waals surface area contributed by atoms with Crippen molar-refractivity contribution < 1.29 is 14.9 Å². The van der Waals surface area contributed by atoms with Gasteiger partial charge in [-0.3, -0.25) is 4.79 Å². The maximum atomic E-state index is 12.9. The summed E-state index contributed by atoms with van der Waals surface area (Å²) in [6.07, 6.45) is 0. The van der Waals surface area contributed by atoms with E-state index in [0.717, 1.165) is 6.07 Å². The number of rotatable bonds is 2. The zero-order chi connectivity index (χ0) is 10.1. The normalized spacial score (nSPS) is 12.3. The number of halogens is 2. The fourth-order valence-corrected chi connectivity index (χ4v) is 0.721. The summed E-state index contributed by atoms with van der Waals surface area (Å²) in [6, 6.07) is 4.54. The lowest BCUT2D eigenvalue weighted by atomic mass is 10.1. The predicted octanol–water partition coefficient (Wildman–Crippen LogP) is 1.26. The Morgan fingerprint density at radius 1 is 1.50 bits per heavy atom. The lowest BCUT2D eigenvalue weighted by molar-refractivity contribution is -0.143. The lowest BCUT2D eigenvalue weighted by Gasteiger charge is -2.11. The molecule has 1 amide bonds. The van der Waals surface area contributed by atoms with Crippen LogP contribution >= 0.6 is 0 Å². The van der Waals surface area contributed by atoms with Crippen LogP contribution in [0.15, 0.2) is 30.3 Å². The molecule has 1 aromatic rings. The van der Waals surface area contributed by atoms with Crippen LogP contribution in [0.1, 0.15) is 6.93 Å². The Bertz CT molecular complexity index is 341. The van der Waals surface area contributed by atoms with Gasteiger partial charge in [0, 0.05) is 5.56 Å². The van der Waals surface area contributed by atoms with Crippen molar-refractivity contribution in [3.8, 4) is 0 Å². The van der Waals surface area contributed by atoms with E-state index >= 15 is 0 Å². The largest absolute Gasteiger partial charge is 0.364 e. The van der Waals surface area contributed by atoms with Gasteiger partial charge in [-0.15, -0.1) is 0 Å². The van der Waals surface area contributed by atoms with Crippen LogP contribution in [-0.2, 0) is 10.7 Å². The molecule has 64 valence electrons. The Morgan fingerprint density at radius 2 is 2.17 bits per heavy atom. The molecule has 0 saturated carbocycles. The van der Waals surface area contributed by atoms with E-state index in [2.05, 4.69) is 5.73 Å². The summed E-state index contributed by atoms with van der Waals surface area (Å²) in [4.78, 5) is 10.4. The monoisotopic (exact) mass is 172 g/mol. The van der Waals surface area contributed by atoms with E-state index in [0.29, 0.717) is 0 Å². The quantitative estimate of drug-likeness (QED) is 0.717. The smallest absolute Gasteiger partial charge is 0.349 e. The molecule has 1 rings (SSSR count). The Labute approximate surface area is 69.4 Å². The third kappa shape index (κ3) is 1.42. The minimum atomic E-state index is -3.77.